The number of benzene rings is 1. The molecule has 1 aliphatic rings. The van der Waals surface area contributed by atoms with Gasteiger partial charge in [0.15, 0.2) is 5.96 Å². The quantitative estimate of drug-likeness (QED) is 0.173. The van der Waals surface area contributed by atoms with E-state index in [1.807, 2.05) is 6.92 Å². The van der Waals surface area contributed by atoms with Crippen molar-refractivity contribution in [3.8, 4) is 0 Å². The van der Waals surface area contributed by atoms with Gasteiger partial charge in [-0.2, -0.15) is 0 Å². The monoisotopic (exact) mass is 363 g/mol. The smallest absolute Gasteiger partial charge is 0.269 e. The van der Waals surface area contributed by atoms with Gasteiger partial charge in [0.1, 0.15) is 0 Å². The molecule has 0 bridgehead atoms. The standard InChI is InChI=1S/C18H29N5O3/c1-2-19-18(21-10-3-13-26-14-15-4-5-15)22-12-11-20-16-6-8-17(9-7-16)23(24)25/h6-9,15,20H,2-5,10-14H2,1H3,(H2,19,21,22). The topological polar surface area (TPSA) is 101 Å². The third kappa shape index (κ3) is 8.15. The lowest BCUT2D eigenvalue weighted by atomic mass is 10.3. The summed E-state index contributed by atoms with van der Waals surface area (Å²) in [6.07, 6.45) is 3.56. The lowest BCUT2D eigenvalue weighted by molar-refractivity contribution is -0.384. The number of guanidine groups is 1. The Labute approximate surface area is 154 Å². The second-order valence-electron chi connectivity index (χ2n) is 6.29. The number of nitro benzene ring substituents is 1. The molecule has 2 rings (SSSR count). The zero-order valence-electron chi connectivity index (χ0n) is 15.4. The number of ether oxygens (including phenoxy) is 1. The number of hydrogen-bond acceptors (Lipinski definition) is 5. The summed E-state index contributed by atoms with van der Waals surface area (Å²) < 4.78 is 5.61. The van der Waals surface area contributed by atoms with Gasteiger partial charge < -0.3 is 20.7 Å². The molecular weight excluding hydrogens is 334 g/mol. The van der Waals surface area contributed by atoms with E-state index in [2.05, 4.69) is 20.9 Å². The SMILES string of the molecule is CCNC(=NCCCOCC1CC1)NCCNc1ccc([N+](=O)[O-])cc1. The second-order valence-corrected chi connectivity index (χ2v) is 6.29. The van der Waals surface area contributed by atoms with E-state index >= 15 is 0 Å². The molecule has 0 unspecified atom stereocenters. The van der Waals surface area contributed by atoms with E-state index in [1.165, 1.54) is 25.0 Å². The maximum absolute atomic E-state index is 10.6. The molecule has 1 fully saturated rings. The van der Waals surface area contributed by atoms with Gasteiger partial charge in [-0.15, -0.1) is 0 Å². The number of aliphatic imine (C=N–C) groups is 1. The molecule has 0 amide bonds. The van der Waals surface area contributed by atoms with Crippen molar-refractivity contribution in [2.45, 2.75) is 26.2 Å². The summed E-state index contributed by atoms with van der Waals surface area (Å²) in [6.45, 7) is 6.62. The summed E-state index contributed by atoms with van der Waals surface area (Å²) in [6, 6.07) is 6.40. The van der Waals surface area contributed by atoms with Gasteiger partial charge in [0.25, 0.3) is 5.69 Å². The minimum Gasteiger partial charge on any atom is -0.383 e. The van der Waals surface area contributed by atoms with Gasteiger partial charge in [0, 0.05) is 57.2 Å². The minimum atomic E-state index is -0.401. The maximum Gasteiger partial charge on any atom is 0.269 e. The summed E-state index contributed by atoms with van der Waals surface area (Å²) in [4.78, 5) is 14.8. The molecule has 0 spiro atoms. The van der Waals surface area contributed by atoms with E-state index in [-0.39, 0.29) is 5.69 Å². The number of hydrogen-bond donors (Lipinski definition) is 3. The largest absolute Gasteiger partial charge is 0.383 e. The molecule has 1 aromatic carbocycles. The van der Waals surface area contributed by atoms with Crippen molar-refractivity contribution in [1.29, 1.82) is 0 Å². The predicted molar refractivity (Wildman–Crippen MR) is 104 cm³/mol. The van der Waals surface area contributed by atoms with Crippen LogP contribution in [0.3, 0.4) is 0 Å². The third-order valence-corrected chi connectivity index (χ3v) is 3.94. The number of nitrogens with one attached hydrogen (secondary N) is 3. The molecule has 1 saturated carbocycles. The van der Waals surface area contributed by atoms with Crippen LogP contribution >= 0.6 is 0 Å². The highest BCUT2D eigenvalue weighted by Crippen LogP contribution is 2.28. The van der Waals surface area contributed by atoms with Crippen molar-refractivity contribution in [3.05, 3.63) is 34.4 Å². The van der Waals surface area contributed by atoms with Gasteiger partial charge in [0.2, 0.25) is 0 Å². The Morgan fingerprint density at radius 1 is 1.27 bits per heavy atom. The molecule has 26 heavy (non-hydrogen) atoms. The molecule has 0 heterocycles. The summed E-state index contributed by atoms with van der Waals surface area (Å²) >= 11 is 0. The van der Waals surface area contributed by atoms with Crippen LogP contribution in [0.1, 0.15) is 26.2 Å². The number of nitrogens with zero attached hydrogens (tertiary/aromatic N) is 2. The fourth-order valence-electron chi connectivity index (χ4n) is 2.32. The van der Waals surface area contributed by atoms with Crippen molar-refractivity contribution >= 4 is 17.3 Å². The van der Waals surface area contributed by atoms with Crippen molar-refractivity contribution < 1.29 is 9.66 Å². The Hall–Kier alpha value is -2.35. The van der Waals surface area contributed by atoms with E-state index < -0.39 is 4.92 Å². The van der Waals surface area contributed by atoms with E-state index in [0.717, 1.165) is 50.3 Å². The van der Waals surface area contributed by atoms with Crippen LogP contribution in [0.4, 0.5) is 11.4 Å². The molecule has 0 aromatic heterocycles. The summed E-state index contributed by atoms with van der Waals surface area (Å²) in [5.41, 5.74) is 0.948. The van der Waals surface area contributed by atoms with Crippen LogP contribution in [0.5, 0.6) is 0 Å². The third-order valence-electron chi connectivity index (χ3n) is 3.94. The lowest BCUT2D eigenvalue weighted by Gasteiger charge is -2.12. The molecule has 0 atom stereocenters. The molecule has 144 valence electrons. The summed E-state index contributed by atoms with van der Waals surface area (Å²) in [7, 11) is 0. The maximum atomic E-state index is 10.6. The van der Waals surface area contributed by atoms with E-state index in [1.54, 1.807) is 12.1 Å². The van der Waals surface area contributed by atoms with E-state index in [9.17, 15) is 10.1 Å². The Morgan fingerprint density at radius 3 is 2.69 bits per heavy atom. The number of nitro groups is 1. The van der Waals surface area contributed by atoms with E-state index in [0.29, 0.717) is 13.1 Å². The van der Waals surface area contributed by atoms with Crippen LogP contribution in [0.15, 0.2) is 29.3 Å². The van der Waals surface area contributed by atoms with Gasteiger partial charge in [-0.25, -0.2) is 0 Å². The summed E-state index contributed by atoms with van der Waals surface area (Å²) in [5.74, 6) is 1.60. The zero-order valence-corrected chi connectivity index (χ0v) is 15.4. The predicted octanol–water partition coefficient (Wildman–Crippen LogP) is 2.38. The molecule has 1 aromatic rings. The molecular formula is C18H29N5O3. The van der Waals surface area contributed by atoms with Crippen LogP contribution < -0.4 is 16.0 Å². The Morgan fingerprint density at radius 2 is 2.04 bits per heavy atom. The number of anilines is 1. The van der Waals surface area contributed by atoms with Gasteiger partial charge in [-0.3, -0.25) is 15.1 Å². The van der Waals surface area contributed by atoms with Crippen LogP contribution in [-0.2, 0) is 4.74 Å². The Bertz CT molecular complexity index is 573. The molecule has 0 saturated heterocycles. The van der Waals surface area contributed by atoms with E-state index in [4.69, 9.17) is 4.74 Å². The lowest BCUT2D eigenvalue weighted by Crippen LogP contribution is -2.39. The first-order valence-electron chi connectivity index (χ1n) is 9.27. The normalized spacial score (nSPS) is 14.1. The summed E-state index contributed by atoms with van der Waals surface area (Å²) in [5, 5.41) is 20.3. The number of non-ortho nitro benzene ring substituents is 1. The van der Waals surface area contributed by atoms with Crippen LogP contribution in [-0.4, -0.2) is 50.3 Å². The average Bonchev–Trinajstić information content (AvgIpc) is 3.46. The van der Waals surface area contributed by atoms with Crippen LogP contribution in [0, 0.1) is 16.0 Å². The van der Waals surface area contributed by atoms with Gasteiger partial charge in [0.05, 0.1) is 4.92 Å². The first-order valence-corrected chi connectivity index (χ1v) is 9.27. The molecule has 3 N–H and O–H groups in total. The minimum absolute atomic E-state index is 0.0938. The Balaban J connectivity index is 1.60. The fraction of sp³-hybridized carbons (Fsp3) is 0.611. The van der Waals surface area contributed by atoms with Gasteiger partial charge >= 0.3 is 0 Å². The molecule has 0 radical (unpaired) electrons. The van der Waals surface area contributed by atoms with Gasteiger partial charge in [-0.05, 0) is 44.2 Å². The second kappa shape index (κ2) is 11.3. The highest BCUT2D eigenvalue weighted by Gasteiger charge is 2.20. The van der Waals surface area contributed by atoms with Crippen molar-refractivity contribution in [2.24, 2.45) is 10.9 Å². The first kappa shape index (κ1) is 20.0. The highest BCUT2D eigenvalue weighted by molar-refractivity contribution is 5.79. The van der Waals surface area contributed by atoms with Gasteiger partial charge in [-0.1, -0.05) is 0 Å². The molecule has 8 heteroatoms. The zero-order chi connectivity index (χ0) is 18.6. The van der Waals surface area contributed by atoms with Crippen molar-refractivity contribution in [3.63, 3.8) is 0 Å². The number of rotatable bonds is 12. The van der Waals surface area contributed by atoms with Crippen LogP contribution in [0.2, 0.25) is 0 Å². The Kier molecular flexibility index (Phi) is 8.68. The molecule has 8 nitrogen and oxygen atoms in total. The van der Waals surface area contributed by atoms with Crippen molar-refractivity contribution in [1.82, 2.24) is 10.6 Å². The molecule has 1 aliphatic carbocycles. The first-order chi connectivity index (χ1) is 12.7. The van der Waals surface area contributed by atoms with Crippen LogP contribution in [0.25, 0.3) is 0 Å². The fourth-order valence-corrected chi connectivity index (χ4v) is 2.32. The average molecular weight is 363 g/mol. The molecule has 0 aliphatic heterocycles. The van der Waals surface area contributed by atoms with Crippen molar-refractivity contribution in [2.75, 3.05) is 44.7 Å². The highest BCUT2D eigenvalue weighted by atomic mass is 16.6.